The molecule has 1 heterocycles. The fraction of sp³-hybridized carbons (Fsp3) is 0.800. The zero-order valence-corrected chi connectivity index (χ0v) is 12.2. The number of nitrogens with one attached hydrogen (secondary N) is 1. The molecule has 0 unspecified atom stereocenters. The van der Waals surface area contributed by atoms with E-state index in [-0.39, 0.29) is 0 Å². The summed E-state index contributed by atoms with van der Waals surface area (Å²) < 4.78 is 0. The van der Waals surface area contributed by atoms with E-state index >= 15 is 0 Å². The van der Waals surface area contributed by atoms with Crippen molar-refractivity contribution in [2.45, 2.75) is 70.9 Å². The van der Waals surface area contributed by atoms with Gasteiger partial charge < -0.3 is 5.32 Å². The minimum atomic E-state index is 0.748. The van der Waals surface area contributed by atoms with Crippen LogP contribution in [0.4, 0.5) is 0 Å². The molecular weight excluding hydrogens is 240 g/mol. The van der Waals surface area contributed by atoms with Crippen LogP contribution >= 0.6 is 11.3 Å². The van der Waals surface area contributed by atoms with Crippen LogP contribution in [-0.2, 0) is 6.54 Å². The van der Waals surface area contributed by atoms with E-state index in [1.54, 1.807) is 11.3 Å². The van der Waals surface area contributed by atoms with Crippen molar-refractivity contribution in [2.24, 2.45) is 5.41 Å². The highest BCUT2D eigenvalue weighted by Gasteiger charge is 2.37. The zero-order chi connectivity index (χ0) is 12.4. The Hall–Kier alpha value is -0.410. The van der Waals surface area contributed by atoms with Crippen LogP contribution in [-0.4, -0.2) is 11.0 Å². The Morgan fingerprint density at radius 3 is 2.61 bits per heavy atom. The van der Waals surface area contributed by atoms with Gasteiger partial charge in [0.2, 0.25) is 0 Å². The molecule has 0 saturated heterocycles. The molecule has 0 aromatic carbocycles. The number of hydrogen-bond acceptors (Lipinski definition) is 3. The average molecular weight is 264 g/mol. The van der Waals surface area contributed by atoms with Crippen LogP contribution in [0.1, 0.15) is 61.9 Å². The predicted octanol–water partition coefficient (Wildman–Crippen LogP) is 4.04. The van der Waals surface area contributed by atoms with E-state index in [2.05, 4.69) is 17.2 Å². The summed E-state index contributed by atoms with van der Waals surface area (Å²) in [6, 6.07) is 0.748. The third-order valence-electron chi connectivity index (χ3n) is 5.11. The molecule has 3 rings (SSSR count). The number of hydrogen-bond donors (Lipinski definition) is 1. The lowest BCUT2D eigenvalue weighted by Gasteiger charge is -2.37. The summed E-state index contributed by atoms with van der Waals surface area (Å²) in [4.78, 5) is 5.73. The van der Waals surface area contributed by atoms with Crippen molar-refractivity contribution in [1.82, 2.24) is 10.3 Å². The number of nitrogens with zero attached hydrogens (tertiary/aromatic N) is 1. The number of aromatic nitrogens is 1. The quantitative estimate of drug-likeness (QED) is 0.891. The number of thiazole rings is 1. The van der Waals surface area contributed by atoms with Crippen molar-refractivity contribution in [1.29, 1.82) is 0 Å². The van der Waals surface area contributed by atoms with Gasteiger partial charge in [0.25, 0.3) is 0 Å². The van der Waals surface area contributed by atoms with Crippen LogP contribution in [0.3, 0.4) is 0 Å². The number of aryl methyl sites for hydroxylation is 1. The Morgan fingerprint density at radius 2 is 2.00 bits per heavy atom. The minimum absolute atomic E-state index is 0.748. The Balaban J connectivity index is 1.47. The fourth-order valence-corrected chi connectivity index (χ4v) is 4.52. The third kappa shape index (κ3) is 2.62. The van der Waals surface area contributed by atoms with Crippen LogP contribution in [0.5, 0.6) is 0 Å². The molecule has 1 N–H and O–H groups in total. The highest BCUT2D eigenvalue weighted by Crippen LogP contribution is 2.48. The lowest BCUT2D eigenvalue weighted by Crippen LogP contribution is -2.36. The van der Waals surface area contributed by atoms with E-state index < -0.39 is 0 Å². The average Bonchev–Trinajstić information content (AvgIpc) is 2.99. The maximum absolute atomic E-state index is 4.32. The van der Waals surface area contributed by atoms with Crippen molar-refractivity contribution in [3.8, 4) is 0 Å². The van der Waals surface area contributed by atoms with Gasteiger partial charge in [0, 0.05) is 17.5 Å². The van der Waals surface area contributed by atoms with Crippen molar-refractivity contribution in [3.63, 3.8) is 0 Å². The van der Waals surface area contributed by atoms with Gasteiger partial charge in [-0.3, -0.25) is 0 Å². The molecule has 0 amide bonds. The molecule has 0 radical (unpaired) electrons. The SMILES string of the molecule is Cc1ncsc1CNC1CCC2(CCCC2)CC1. The third-order valence-corrected chi connectivity index (χ3v) is 6.04. The van der Waals surface area contributed by atoms with Gasteiger partial charge >= 0.3 is 0 Å². The summed E-state index contributed by atoms with van der Waals surface area (Å²) in [6.07, 6.45) is 11.7. The maximum atomic E-state index is 4.32. The molecule has 2 fully saturated rings. The summed E-state index contributed by atoms with van der Waals surface area (Å²) in [5.41, 5.74) is 3.93. The molecule has 1 aromatic heterocycles. The van der Waals surface area contributed by atoms with E-state index in [0.717, 1.165) is 18.0 Å². The zero-order valence-electron chi connectivity index (χ0n) is 11.4. The Morgan fingerprint density at radius 1 is 1.28 bits per heavy atom. The molecule has 2 saturated carbocycles. The molecular formula is C15H24N2S. The lowest BCUT2D eigenvalue weighted by atomic mass is 9.71. The van der Waals surface area contributed by atoms with Crippen LogP contribution < -0.4 is 5.32 Å². The summed E-state index contributed by atoms with van der Waals surface area (Å²) in [5.74, 6) is 0. The highest BCUT2D eigenvalue weighted by molar-refractivity contribution is 7.09. The highest BCUT2D eigenvalue weighted by atomic mass is 32.1. The van der Waals surface area contributed by atoms with Gasteiger partial charge in [-0.2, -0.15) is 0 Å². The maximum Gasteiger partial charge on any atom is 0.0798 e. The first-order chi connectivity index (χ1) is 8.77. The molecule has 1 aromatic rings. The van der Waals surface area contributed by atoms with E-state index in [1.165, 1.54) is 61.9 Å². The van der Waals surface area contributed by atoms with Crippen LogP contribution in [0.25, 0.3) is 0 Å². The molecule has 0 bridgehead atoms. The second-order valence-corrected chi connectivity index (χ2v) is 7.16. The molecule has 1 spiro atoms. The Labute approximate surface area is 114 Å². The minimum Gasteiger partial charge on any atom is -0.309 e. The summed E-state index contributed by atoms with van der Waals surface area (Å²) >= 11 is 1.78. The van der Waals surface area contributed by atoms with Crippen molar-refractivity contribution in [2.75, 3.05) is 0 Å². The predicted molar refractivity (Wildman–Crippen MR) is 76.8 cm³/mol. The number of rotatable bonds is 3. The van der Waals surface area contributed by atoms with Crippen LogP contribution in [0.15, 0.2) is 5.51 Å². The van der Waals surface area contributed by atoms with Gasteiger partial charge in [-0.15, -0.1) is 11.3 Å². The van der Waals surface area contributed by atoms with Crippen LogP contribution in [0.2, 0.25) is 0 Å². The first-order valence-corrected chi connectivity index (χ1v) is 8.28. The van der Waals surface area contributed by atoms with Gasteiger partial charge in [0.15, 0.2) is 0 Å². The van der Waals surface area contributed by atoms with Gasteiger partial charge in [0.1, 0.15) is 0 Å². The lowest BCUT2D eigenvalue weighted by molar-refractivity contribution is 0.168. The van der Waals surface area contributed by atoms with E-state index in [0.29, 0.717) is 0 Å². The van der Waals surface area contributed by atoms with E-state index in [4.69, 9.17) is 0 Å². The van der Waals surface area contributed by atoms with Crippen molar-refractivity contribution >= 4 is 11.3 Å². The van der Waals surface area contributed by atoms with E-state index in [9.17, 15) is 0 Å². The first-order valence-electron chi connectivity index (χ1n) is 7.40. The fourth-order valence-electron chi connectivity index (χ4n) is 3.79. The summed E-state index contributed by atoms with van der Waals surface area (Å²) in [7, 11) is 0. The standard InChI is InChI=1S/C15H24N2S/c1-12-14(18-11-17-12)10-16-13-4-8-15(9-5-13)6-2-3-7-15/h11,13,16H,2-10H2,1H3. The van der Waals surface area contributed by atoms with Gasteiger partial charge in [-0.1, -0.05) is 12.8 Å². The Bertz CT molecular complexity index is 383. The molecule has 2 nitrogen and oxygen atoms in total. The van der Waals surface area contributed by atoms with Gasteiger partial charge in [-0.05, 0) is 50.9 Å². The second kappa shape index (κ2) is 5.30. The largest absolute Gasteiger partial charge is 0.309 e. The smallest absolute Gasteiger partial charge is 0.0798 e. The van der Waals surface area contributed by atoms with Gasteiger partial charge in [0.05, 0.1) is 11.2 Å². The topological polar surface area (TPSA) is 24.9 Å². The van der Waals surface area contributed by atoms with Crippen LogP contribution in [0, 0.1) is 12.3 Å². The molecule has 18 heavy (non-hydrogen) atoms. The molecule has 2 aliphatic rings. The second-order valence-electron chi connectivity index (χ2n) is 6.22. The Kier molecular flexibility index (Phi) is 3.71. The normalized spacial score (nSPS) is 23.8. The monoisotopic (exact) mass is 264 g/mol. The molecule has 100 valence electrons. The molecule has 3 heteroatoms. The first kappa shape index (κ1) is 12.6. The van der Waals surface area contributed by atoms with Crippen molar-refractivity contribution in [3.05, 3.63) is 16.1 Å². The van der Waals surface area contributed by atoms with E-state index in [1.807, 2.05) is 5.51 Å². The van der Waals surface area contributed by atoms with Crippen molar-refractivity contribution < 1.29 is 0 Å². The molecule has 0 aliphatic heterocycles. The van der Waals surface area contributed by atoms with Gasteiger partial charge in [-0.25, -0.2) is 4.98 Å². The summed E-state index contributed by atoms with van der Waals surface area (Å²) in [5, 5.41) is 3.74. The molecule has 0 atom stereocenters. The molecule has 2 aliphatic carbocycles. The summed E-state index contributed by atoms with van der Waals surface area (Å²) in [6.45, 7) is 3.13.